The Bertz CT molecular complexity index is 924. The Morgan fingerprint density at radius 3 is 2.37 bits per heavy atom. The highest BCUT2D eigenvalue weighted by Crippen LogP contribution is 2.28. The van der Waals surface area contributed by atoms with E-state index in [0.717, 1.165) is 5.56 Å². The summed E-state index contributed by atoms with van der Waals surface area (Å²) in [5.74, 6) is -0.137. The molecule has 0 fully saturated rings. The van der Waals surface area contributed by atoms with E-state index in [2.05, 4.69) is 21.2 Å². The largest absolute Gasteiger partial charge is 0.483 e. The van der Waals surface area contributed by atoms with Gasteiger partial charge in [0.05, 0.1) is 14.5 Å². The first-order chi connectivity index (χ1) is 14.1. The molecule has 1 atom stereocenters. The Morgan fingerprint density at radius 1 is 1.07 bits per heavy atom. The monoisotopic (exact) mass is 534 g/mol. The first kappa shape index (κ1) is 24.8. The maximum atomic E-state index is 13.0. The van der Waals surface area contributed by atoms with Crippen LogP contribution in [0.15, 0.2) is 40.9 Å². The van der Waals surface area contributed by atoms with Gasteiger partial charge in [0, 0.05) is 17.6 Å². The fraction of sp³-hybridized carbons (Fsp3) is 0.333. The van der Waals surface area contributed by atoms with E-state index < -0.39 is 6.04 Å². The molecule has 0 aromatic heterocycles. The SMILES string of the molecule is CC(C)NC(=O)C(C)N(Cc1ccc(Cl)c(Cl)c1)C(=O)COc1ccc(Cl)cc1Br. The summed E-state index contributed by atoms with van der Waals surface area (Å²) in [5.41, 5.74) is 0.745. The van der Waals surface area contributed by atoms with Crippen LogP contribution >= 0.6 is 50.7 Å². The second kappa shape index (κ2) is 11.2. The number of amides is 2. The molecule has 0 radical (unpaired) electrons. The van der Waals surface area contributed by atoms with Crippen molar-refractivity contribution in [2.24, 2.45) is 0 Å². The van der Waals surface area contributed by atoms with E-state index in [1.165, 1.54) is 4.90 Å². The summed E-state index contributed by atoms with van der Waals surface area (Å²) in [4.78, 5) is 27.0. The third-order valence-corrected chi connectivity index (χ3v) is 5.77. The average molecular weight is 537 g/mol. The Balaban J connectivity index is 2.20. The van der Waals surface area contributed by atoms with Gasteiger partial charge in [0.25, 0.3) is 5.91 Å². The highest BCUT2D eigenvalue weighted by molar-refractivity contribution is 9.10. The molecular weight excluding hydrogens is 515 g/mol. The molecule has 5 nitrogen and oxygen atoms in total. The van der Waals surface area contributed by atoms with Crippen molar-refractivity contribution in [2.45, 2.75) is 39.4 Å². The van der Waals surface area contributed by atoms with E-state index in [1.807, 2.05) is 13.8 Å². The molecule has 0 heterocycles. The van der Waals surface area contributed by atoms with Crippen LogP contribution in [-0.4, -0.2) is 35.4 Å². The average Bonchev–Trinajstić information content (AvgIpc) is 2.66. The van der Waals surface area contributed by atoms with Crippen LogP contribution in [-0.2, 0) is 16.1 Å². The van der Waals surface area contributed by atoms with Crippen molar-refractivity contribution in [1.82, 2.24) is 10.2 Å². The molecule has 2 amide bonds. The molecule has 2 aromatic carbocycles. The lowest BCUT2D eigenvalue weighted by Gasteiger charge is -2.29. The number of hydrogen-bond acceptors (Lipinski definition) is 3. The lowest BCUT2D eigenvalue weighted by Crippen LogP contribution is -2.50. The standard InChI is InChI=1S/C21H22BrCl3N2O3/c1-12(2)26-21(29)13(3)27(10-14-4-6-17(24)18(25)8-14)20(28)11-30-19-7-5-15(23)9-16(19)22/h4-9,12-13H,10-11H2,1-3H3,(H,26,29). The Labute approximate surface area is 199 Å². The van der Waals surface area contributed by atoms with E-state index in [-0.39, 0.29) is 31.0 Å². The van der Waals surface area contributed by atoms with Gasteiger partial charge in [-0.25, -0.2) is 0 Å². The maximum absolute atomic E-state index is 13.0. The molecule has 2 rings (SSSR count). The number of rotatable bonds is 8. The van der Waals surface area contributed by atoms with Crippen LogP contribution in [0.2, 0.25) is 15.1 Å². The summed E-state index contributed by atoms with van der Waals surface area (Å²) in [6.07, 6.45) is 0. The van der Waals surface area contributed by atoms with E-state index in [0.29, 0.717) is 25.3 Å². The van der Waals surface area contributed by atoms with Crippen molar-refractivity contribution in [3.8, 4) is 5.75 Å². The number of nitrogens with one attached hydrogen (secondary N) is 1. The molecule has 9 heteroatoms. The van der Waals surface area contributed by atoms with Crippen LogP contribution in [0.5, 0.6) is 5.75 Å². The summed E-state index contributed by atoms with van der Waals surface area (Å²) in [6.45, 7) is 5.31. The van der Waals surface area contributed by atoms with Gasteiger partial charge in [-0.3, -0.25) is 9.59 Å². The molecule has 0 bridgehead atoms. The zero-order valence-corrected chi connectivity index (χ0v) is 20.6. The molecule has 2 aromatic rings. The topological polar surface area (TPSA) is 58.6 Å². The smallest absolute Gasteiger partial charge is 0.261 e. The van der Waals surface area contributed by atoms with E-state index in [9.17, 15) is 9.59 Å². The third-order valence-electron chi connectivity index (χ3n) is 4.18. The molecule has 0 spiro atoms. The minimum absolute atomic E-state index is 0.0526. The summed E-state index contributed by atoms with van der Waals surface area (Å²) in [6, 6.07) is 9.33. The van der Waals surface area contributed by atoms with Crippen LogP contribution in [0, 0.1) is 0 Å². The molecule has 162 valence electrons. The van der Waals surface area contributed by atoms with E-state index in [4.69, 9.17) is 39.5 Å². The van der Waals surface area contributed by atoms with Crippen LogP contribution in [0.3, 0.4) is 0 Å². The Hall–Kier alpha value is -1.47. The number of nitrogens with zero attached hydrogens (tertiary/aromatic N) is 1. The highest BCUT2D eigenvalue weighted by atomic mass is 79.9. The summed E-state index contributed by atoms with van der Waals surface area (Å²) in [7, 11) is 0. The van der Waals surface area contributed by atoms with Gasteiger partial charge in [0.1, 0.15) is 11.8 Å². The molecule has 1 N–H and O–H groups in total. The van der Waals surface area contributed by atoms with Crippen molar-refractivity contribution in [2.75, 3.05) is 6.61 Å². The molecule has 0 saturated heterocycles. The van der Waals surface area contributed by atoms with Gasteiger partial charge in [-0.2, -0.15) is 0 Å². The van der Waals surface area contributed by atoms with Crippen molar-refractivity contribution in [3.05, 3.63) is 61.5 Å². The van der Waals surface area contributed by atoms with Crippen molar-refractivity contribution in [3.63, 3.8) is 0 Å². The first-order valence-corrected chi connectivity index (χ1v) is 11.1. The fourth-order valence-corrected chi connectivity index (χ4v) is 3.75. The van der Waals surface area contributed by atoms with Gasteiger partial charge in [0.15, 0.2) is 6.61 Å². The molecule has 1 unspecified atom stereocenters. The van der Waals surface area contributed by atoms with Gasteiger partial charge in [0.2, 0.25) is 5.91 Å². The van der Waals surface area contributed by atoms with Crippen molar-refractivity contribution < 1.29 is 14.3 Å². The summed E-state index contributed by atoms with van der Waals surface area (Å²) >= 11 is 21.4. The van der Waals surface area contributed by atoms with Crippen LogP contribution in [0.25, 0.3) is 0 Å². The van der Waals surface area contributed by atoms with Gasteiger partial charge in [-0.05, 0) is 72.6 Å². The minimum Gasteiger partial charge on any atom is -0.483 e. The van der Waals surface area contributed by atoms with Gasteiger partial charge < -0.3 is 15.0 Å². The molecule has 0 aliphatic rings. The van der Waals surface area contributed by atoms with Crippen LogP contribution < -0.4 is 10.1 Å². The van der Waals surface area contributed by atoms with Crippen molar-refractivity contribution >= 4 is 62.5 Å². The number of ether oxygens (including phenoxy) is 1. The number of carbonyl (C=O) groups excluding carboxylic acids is 2. The molecule has 0 aliphatic carbocycles. The van der Waals surface area contributed by atoms with Gasteiger partial charge in [-0.15, -0.1) is 0 Å². The number of hydrogen-bond donors (Lipinski definition) is 1. The quantitative estimate of drug-likeness (QED) is 0.469. The second-order valence-corrected chi connectivity index (χ2v) is 9.08. The van der Waals surface area contributed by atoms with E-state index >= 15 is 0 Å². The van der Waals surface area contributed by atoms with Gasteiger partial charge >= 0.3 is 0 Å². The molecule has 0 aliphatic heterocycles. The maximum Gasteiger partial charge on any atom is 0.261 e. The predicted molar refractivity (Wildman–Crippen MR) is 124 cm³/mol. The Kier molecular flexibility index (Phi) is 9.29. The van der Waals surface area contributed by atoms with Gasteiger partial charge in [-0.1, -0.05) is 40.9 Å². The predicted octanol–water partition coefficient (Wildman–Crippen LogP) is 5.73. The normalized spacial score (nSPS) is 11.9. The van der Waals surface area contributed by atoms with Crippen LogP contribution in [0.4, 0.5) is 0 Å². The fourth-order valence-electron chi connectivity index (χ4n) is 2.64. The zero-order chi connectivity index (χ0) is 22.4. The number of halogens is 4. The second-order valence-electron chi connectivity index (χ2n) is 6.97. The zero-order valence-electron chi connectivity index (χ0n) is 16.7. The van der Waals surface area contributed by atoms with E-state index in [1.54, 1.807) is 43.3 Å². The lowest BCUT2D eigenvalue weighted by molar-refractivity contribution is -0.142. The molecule has 0 saturated carbocycles. The lowest BCUT2D eigenvalue weighted by atomic mass is 10.1. The third kappa shape index (κ3) is 7.05. The summed E-state index contributed by atoms with van der Waals surface area (Å²) < 4.78 is 6.28. The summed E-state index contributed by atoms with van der Waals surface area (Å²) in [5, 5.41) is 4.17. The number of carbonyl (C=O) groups is 2. The Morgan fingerprint density at radius 2 is 1.77 bits per heavy atom. The molecular formula is C21H22BrCl3N2O3. The first-order valence-electron chi connectivity index (χ1n) is 9.20. The number of benzene rings is 2. The van der Waals surface area contributed by atoms with Crippen LogP contribution in [0.1, 0.15) is 26.3 Å². The highest BCUT2D eigenvalue weighted by Gasteiger charge is 2.27. The van der Waals surface area contributed by atoms with Crippen molar-refractivity contribution in [1.29, 1.82) is 0 Å². The minimum atomic E-state index is -0.716. The molecule has 30 heavy (non-hydrogen) atoms.